The Morgan fingerprint density at radius 2 is 2.06 bits per heavy atom. The normalized spacial score (nSPS) is 12.6. The van der Waals surface area contributed by atoms with Crippen molar-refractivity contribution in [1.29, 1.82) is 0 Å². The Bertz CT molecular complexity index is 406. The number of hydrogen-bond donors (Lipinski definition) is 1. The van der Waals surface area contributed by atoms with Gasteiger partial charge in [-0.25, -0.2) is 0 Å². The zero-order valence-electron chi connectivity index (χ0n) is 11.6. The van der Waals surface area contributed by atoms with Gasteiger partial charge in [-0.05, 0) is 30.0 Å². The van der Waals surface area contributed by atoms with Gasteiger partial charge in [0.2, 0.25) is 0 Å². The van der Waals surface area contributed by atoms with Crippen LogP contribution < -0.4 is 4.74 Å². The molecule has 0 aliphatic heterocycles. The van der Waals surface area contributed by atoms with Crippen molar-refractivity contribution in [1.82, 2.24) is 0 Å². The van der Waals surface area contributed by atoms with E-state index in [0.29, 0.717) is 23.7 Å². The SMILES string of the molecule is CCC(CO)C(=O)c1ccc(C(C)C)cc1OC. The molecule has 0 heterocycles. The quantitative estimate of drug-likeness (QED) is 0.789. The zero-order chi connectivity index (χ0) is 13.7. The number of methoxy groups -OCH3 is 1. The molecule has 0 aromatic heterocycles. The molecule has 0 radical (unpaired) electrons. The van der Waals surface area contributed by atoms with Crippen LogP contribution >= 0.6 is 0 Å². The molecule has 3 heteroatoms. The number of carbonyl (C=O) groups is 1. The number of ether oxygens (including phenoxy) is 1. The fraction of sp³-hybridized carbons (Fsp3) is 0.533. The summed E-state index contributed by atoms with van der Waals surface area (Å²) in [5, 5.41) is 9.20. The first-order chi connectivity index (χ1) is 8.54. The molecule has 0 aliphatic rings. The highest BCUT2D eigenvalue weighted by Crippen LogP contribution is 2.27. The number of aliphatic hydroxyl groups is 1. The molecule has 1 rings (SSSR count). The van der Waals surface area contributed by atoms with Crippen molar-refractivity contribution in [3.63, 3.8) is 0 Å². The van der Waals surface area contributed by atoms with E-state index in [0.717, 1.165) is 5.56 Å². The maximum absolute atomic E-state index is 12.2. The molecule has 0 saturated carbocycles. The largest absolute Gasteiger partial charge is 0.496 e. The molecule has 1 aromatic rings. The lowest BCUT2D eigenvalue weighted by molar-refractivity contribution is 0.0853. The van der Waals surface area contributed by atoms with Crippen LogP contribution in [0.2, 0.25) is 0 Å². The van der Waals surface area contributed by atoms with Crippen LogP contribution in [-0.2, 0) is 0 Å². The smallest absolute Gasteiger partial charge is 0.171 e. The standard InChI is InChI=1S/C15H22O3/c1-5-11(9-16)15(17)13-7-6-12(10(2)3)8-14(13)18-4/h6-8,10-11,16H,5,9H2,1-4H3. The molecule has 1 atom stereocenters. The first kappa shape index (κ1) is 14.7. The highest BCUT2D eigenvalue weighted by atomic mass is 16.5. The summed E-state index contributed by atoms with van der Waals surface area (Å²) in [5.74, 6) is 0.594. The van der Waals surface area contributed by atoms with E-state index in [-0.39, 0.29) is 18.3 Å². The van der Waals surface area contributed by atoms with Crippen LogP contribution in [0.1, 0.15) is 49.0 Å². The number of rotatable bonds is 6. The molecular formula is C15H22O3. The van der Waals surface area contributed by atoms with E-state index in [4.69, 9.17) is 4.74 Å². The first-order valence-electron chi connectivity index (χ1n) is 6.38. The molecule has 0 aliphatic carbocycles. The van der Waals surface area contributed by atoms with Crippen molar-refractivity contribution in [2.24, 2.45) is 5.92 Å². The van der Waals surface area contributed by atoms with Gasteiger partial charge in [-0.1, -0.05) is 26.8 Å². The molecule has 1 N–H and O–H groups in total. The molecule has 0 spiro atoms. The summed E-state index contributed by atoms with van der Waals surface area (Å²) in [6.07, 6.45) is 0.629. The van der Waals surface area contributed by atoms with Crippen LogP contribution in [0.3, 0.4) is 0 Å². The molecule has 0 bridgehead atoms. The van der Waals surface area contributed by atoms with Crippen LogP contribution in [0.4, 0.5) is 0 Å². The average Bonchev–Trinajstić information content (AvgIpc) is 2.39. The van der Waals surface area contributed by atoms with Crippen molar-refractivity contribution in [3.05, 3.63) is 29.3 Å². The number of hydrogen-bond acceptors (Lipinski definition) is 3. The van der Waals surface area contributed by atoms with Gasteiger partial charge in [0, 0.05) is 5.92 Å². The molecule has 0 amide bonds. The average molecular weight is 250 g/mol. The third kappa shape index (κ3) is 3.10. The van der Waals surface area contributed by atoms with Gasteiger partial charge in [-0.2, -0.15) is 0 Å². The number of Topliss-reactive ketones (excluding diaryl/α,β-unsaturated/α-hetero) is 1. The number of ketones is 1. The second-order valence-corrected chi connectivity index (χ2v) is 4.77. The van der Waals surface area contributed by atoms with Crippen LogP contribution in [0.25, 0.3) is 0 Å². The number of benzene rings is 1. The van der Waals surface area contributed by atoms with Crippen LogP contribution in [0, 0.1) is 5.92 Å². The minimum Gasteiger partial charge on any atom is -0.496 e. The second kappa shape index (κ2) is 6.55. The summed E-state index contributed by atoms with van der Waals surface area (Å²) in [6, 6.07) is 5.65. The summed E-state index contributed by atoms with van der Waals surface area (Å²) in [7, 11) is 1.57. The molecule has 1 aromatic carbocycles. The number of carbonyl (C=O) groups excluding carboxylic acids is 1. The lowest BCUT2D eigenvalue weighted by Crippen LogP contribution is -2.18. The maximum atomic E-state index is 12.2. The van der Waals surface area contributed by atoms with Gasteiger partial charge in [-0.3, -0.25) is 4.79 Å². The third-order valence-electron chi connectivity index (χ3n) is 3.24. The predicted molar refractivity (Wildman–Crippen MR) is 72.3 cm³/mol. The monoisotopic (exact) mass is 250 g/mol. The van der Waals surface area contributed by atoms with Crippen molar-refractivity contribution >= 4 is 5.78 Å². The summed E-state index contributed by atoms with van der Waals surface area (Å²) < 4.78 is 5.29. The summed E-state index contributed by atoms with van der Waals surface area (Å²) in [4.78, 5) is 12.2. The van der Waals surface area contributed by atoms with E-state index >= 15 is 0 Å². The molecule has 100 valence electrons. The lowest BCUT2D eigenvalue weighted by Gasteiger charge is -2.15. The van der Waals surface area contributed by atoms with E-state index in [1.807, 2.05) is 19.1 Å². The molecule has 1 unspecified atom stereocenters. The third-order valence-corrected chi connectivity index (χ3v) is 3.24. The molecular weight excluding hydrogens is 228 g/mol. The molecule has 3 nitrogen and oxygen atoms in total. The maximum Gasteiger partial charge on any atom is 0.171 e. The van der Waals surface area contributed by atoms with E-state index < -0.39 is 0 Å². The Kier molecular flexibility index (Phi) is 5.35. The van der Waals surface area contributed by atoms with Gasteiger partial charge in [0.05, 0.1) is 19.3 Å². The molecule has 0 fully saturated rings. The van der Waals surface area contributed by atoms with Crippen LogP contribution in [0.15, 0.2) is 18.2 Å². The highest BCUT2D eigenvalue weighted by Gasteiger charge is 2.21. The Morgan fingerprint density at radius 1 is 1.39 bits per heavy atom. The van der Waals surface area contributed by atoms with Gasteiger partial charge in [-0.15, -0.1) is 0 Å². The van der Waals surface area contributed by atoms with Gasteiger partial charge >= 0.3 is 0 Å². The van der Waals surface area contributed by atoms with Crippen LogP contribution in [-0.4, -0.2) is 24.6 Å². The Labute approximate surface area is 109 Å². The molecule has 18 heavy (non-hydrogen) atoms. The second-order valence-electron chi connectivity index (χ2n) is 4.77. The predicted octanol–water partition coefficient (Wildman–Crippen LogP) is 3.02. The highest BCUT2D eigenvalue weighted by molar-refractivity contribution is 6.00. The van der Waals surface area contributed by atoms with E-state index in [1.165, 1.54) is 0 Å². The van der Waals surface area contributed by atoms with Crippen LogP contribution in [0.5, 0.6) is 5.75 Å². The first-order valence-corrected chi connectivity index (χ1v) is 6.38. The Balaban J connectivity index is 3.12. The van der Waals surface area contributed by atoms with Gasteiger partial charge in [0.25, 0.3) is 0 Å². The topological polar surface area (TPSA) is 46.5 Å². The van der Waals surface area contributed by atoms with Gasteiger partial charge < -0.3 is 9.84 Å². The van der Waals surface area contributed by atoms with Crippen molar-refractivity contribution in [2.75, 3.05) is 13.7 Å². The Hall–Kier alpha value is -1.35. The van der Waals surface area contributed by atoms with E-state index in [1.54, 1.807) is 13.2 Å². The van der Waals surface area contributed by atoms with Crippen molar-refractivity contribution < 1.29 is 14.6 Å². The fourth-order valence-corrected chi connectivity index (χ4v) is 1.89. The summed E-state index contributed by atoms with van der Waals surface area (Å²) in [6.45, 7) is 5.97. The zero-order valence-corrected chi connectivity index (χ0v) is 11.6. The minimum absolute atomic E-state index is 0.0489. The van der Waals surface area contributed by atoms with Crippen molar-refractivity contribution in [2.45, 2.75) is 33.1 Å². The Morgan fingerprint density at radius 3 is 2.50 bits per heavy atom. The van der Waals surface area contributed by atoms with Gasteiger partial charge in [0.15, 0.2) is 5.78 Å². The summed E-state index contributed by atoms with van der Waals surface area (Å²) in [5.41, 5.74) is 1.70. The fourth-order valence-electron chi connectivity index (χ4n) is 1.89. The van der Waals surface area contributed by atoms with Gasteiger partial charge in [0.1, 0.15) is 5.75 Å². The molecule has 0 saturated heterocycles. The minimum atomic E-state index is -0.344. The summed E-state index contributed by atoms with van der Waals surface area (Å²) >= 11 is 0. The number of aliphatic hydroxyl groups excluding tert-OH is 1. The van der Waals surface area contributed by atoms with E-state index in [9.17, 15) is 9.90 Å². The van der Waals surface area contributed by atoms with E-state index in [2.05, 4.69) is 13.8 Å². The van der Waals surface area contributed by atoms with Crippen molar-refractivity contribution in [3.8, 4) is 5.75 Å². The lowest BCUT2D eigenvalue weighted by atomic mass is 9.93.